The second kappa shape index (κ2) is 7.98. The first-order valence-corrected chi connectivity index (χ1v) is 8.33. The monoisotopic (exact) mass is 381 g/mol. The first-order valence-electron chi connectivity index (χ1n) is 8.33. The van der Waals surface area contributed by atoms with Crippen LogP contribution in [0.15, 0.2) is 42.5 Å². The topological polar surface area (TPSA) is 67.8 Å². The summed E-state index contributed by atoms with van der Waals surface area (Å²) in [5.41, 5.74) is 2.40. The number of hydrogen-bond acceptors (Lipinski definition) is 4. The average Bonchev–Trinajstić information content (AvgIpc) is 2.65. The van der Waals surface area contributed by atoms with Gasteiger partial charge in [-0.2, -0.15) is 0 Å². The zero-order chi connectivity index (χ0) is 19.4. The highest BCUT2D eigenvalue weighted by Crippen LogP contribution is 2.30. The maximum Gasteiger partial charge on any atom is 0.573 e. The van der Waals surface area contributed by atoms with Crippen molar-refractivity contribution in [3.05, 3.63) is 64.7 Å². The first-order chi connectivity index (χ1) is 12.9. The quantitative estimate of drug-likeness (QED) is 0.835. The summed E-state index contributed by atoms with van der Waals surface area (Å²) in [7, 11) is 0. The molecule has 5 nitrogen and oxygen atoms in total. The van der Waals surface area contributed by atoms with E-state index in [4.69, 9.17) is 4.74 Å². The van der Waals surface area contributed by atoms with Crippen LogP contribution in [0.5, 0.6) is 5.75 Å². The van der Waals surface area contributed by atoms with Crippen molar-refractivity contribution >= 4 is 5.91 Å². The van der Waals surface area contributed by atoms with Gasteiger partial charge in [-0.05, 0) is 35.7 Å². The number of aliphatic hydroxyl groups is 1. The van der Waals surface area contributed by atoms with Gasteiger partial charge in [0.25, 0.3) is 5.91 Å². The number of alkyl halides is 3. The summed E-state index contributed by atoms with van der Waals surface area (Å²) < 4.78 is 47.1. The van der Waals surface area contributed by atoms with Crippen LogP contribution in [-0.4, -0.2) is 30.6 Å². The number of carbonyl (C=O) groups is 1. The molecule has 1 heterocycles. The minimum Gasteiger partial charge on any atom is -0.405 e. The van der Waals surface area contributed by atoms with Crippen molar-refractivity contribution in [1.82, 2.24) is 5.32 Å². The molecule has 0 radical (unpaired) electrons. The van der Waals surface area contributed by atoms with Crippen LogP contribution >= 0.6 is 0 Å². The van der Waals surface area contributed by atoms with Crippen LogP contribution in [0.25, 0.3) is 0 Å². The lowest BCUT2D eigenvalue weighted by Crippen LogP contribution is -2.32. The highest BCUT2D eigenvalue weighted by atomic mass is 19.4. The molecule has 2 N–H and O–H groups in total. The summed E-state index contributed by atoms with van der Waals surface area (Å²) in [6.07, 6.45) is -4.19. The molecule has 1 aliphatic rings. The van der Waals surface area contributed by atoms with E-state index < -0.39 is 30.7 Å². The van der Waals surface area contributed by atoms with Gasteiger partial charge in [0.05, 0.1) is 25.9 Å². The van der Waals surface area contributed by atoms with Crippen LogP contribution in [0.2, 0.25) is 0 Å². The van der Waals surface area contributed by atoms with Gasteiger partial charge in [-0.3, -0.25) is 4.79 Å². The van der Waals surface area contributed by atoms with E-state index in [-0.39, 0.29) is 5.56 Å². The molecule has 8 heteroatoms. The molecule has 1 atom stereocenters. The molecule has 0 saturated heterocycles. The minimum atomic E-state index is -4.87. The van der Waals surface area contributed by atoms with Gasteiger partial charge in [0, 0.05) is 11.1 Å². The van der Waals surface area contributed by atoms with Crippen LogP contribution in [0.4, 0.5) is 13.2 Å². The number of amides is 1. The van der Waals surface area contributed by atoms with Gasteiger partial charge >= 0.3 is 6.36 Å². The van der Waals surface area contributed by atoms with E-state index in [0.29, 0.717) is 25.2 Å². The lowest BCUT2D eigenvalue weighted by molar-refractivity contribution is -0.275. The minimum absolute atomic E-state index is 0.0389. The maximum atomic E-state index is 12.6. The van der Waals surface area contributed by atoms with Crippen LogP contribution in [0, 0.1) is 0 Å². The standard InChI is InChI=1S/C19H18F3NO4/c20-19(21,22)27-17-4-2-1-3-15(17)16(10-24)23-18(25)13-5-6-14-11-26-8-7-12(14)9-13/h1-6,9,16,24H,7-8,10-11H2,(H,23,25). The van der Waals surface area contributed by atoms with Gasteiger partial charge in [0.15, 0.2) is 0 Å². The summed E-state index contributed by atoms with van der Waals surface area (Å²) in [5.74, 6) is -0.961. The van der Waals surface area contributed by atoms with Crippen molar-refractivity contribution in [2.75, 3.05) is 13.2 Å². The number of para-hydroxylation sites is 1. The molecule has 1 aliphatic heterocycles. The SMILES string of the molecule is O=C(NC(CO)c1ccccc1OC(F)(F)F)c1ccc2c(c1)CCOC2. The van der Waals surface area contributed by atoms with Crippen molar-refractivity contribution < 1.29 is 32.5 Å². The number of ether oxygens (including phenoxy) is 2. The Labute approximate surface area is 153 Å². The molecule has 1 unspecified atom stereocenters. The Balaban J connectivity index is 1.80. The second-order valence-electron chi connectivity index (χ2n) is 6.08. The summed E-state index contributed by atoms with van der Waals surface area (Å²) in [5, 5.41) is 12.2. The van der Waals surface area contributed by atoms with Gasteiger partial charge in [0.1, 0.15) is 5.75 Å². The van der Waals surface area contributed by atoms with Gasteiger partial charge in [0.2, 0.25) is 0 Å². The van der Waals surface area contributed by atoms with Crippen molar-refractivity contribution in [3.63, 3.8) is 0 Å². The Bertz CT molecular complexity index is 823. The summed E-state index contributed by atoms with van der Waals surface area (Å²) >= 11 is 0. The van der Waals surface area contributed by atoms with Crippen molar-refractivity contribution in [2.45, 2.75) is 25.4 Å². The molecule has 0 aliphatic carbocycles. The van der Waals surface area contributed by atoms with E-state index >= 15 is 0 Å². The fraction of sp³-hybridized carbons (Fsp3) is 0.316. The van der Waals surface area contributed by atoms with E-state index in [9.17, 15) is 23.1 Å². The molecule has 0 bridgehead atoms. The molecule has 144 valence electrons. The third kappa shape index (κ3) is 4.78. The van der Waals surface area contributed by atoms with E-state index in [1.54, 1.807) is 18.2 Å². The number of hydrogen-bond donors (Lipinski definition) is 2. The summed E-state index contributed by atoms with van der Waals surface area (Å²) in [6, 6.07) is 9.49. The smallest absolute Gasteiger partial charge is 0.405 e. The normalized spacial score (nSPS) is 15.0. The molecule has 2 aromatic carbocycles. The largest absolute Gasteiger partial charge is 0.573 e. The highest BCUT2D eigenvalue weighted by Gasteiger charge is 2.33. The zero-order valence-corrected chi connectivity index (χ0v) is 14.3. The Hall–Kier alpha value is -2.58. The molecular formula is C19H18F3NO4. The molecule has 27 heavy (non-hydrogen) atoms. The number of fused-ring (bicyclic) bond motifs is 1. The lowest BCUT2D eigenvalue weighted by Gasteiger charge is -2.21. The fourth-order valence-electron chi connectivity index (χ4n) is 2.95. The summed E-state index contributed by atoms with van der Waals surface area (Å²) in [6.45, 7) is 0.473. The average molecular weight is 381 g/mol. The third-order valence-electron chi connectivity index (χ3n) is 4.25. The zero-order valence-electron chi connectivity index (χ0n) is 14.3. The van der Waals surface area contributed by atoms with Gasteiger partial charge in [-0.1, -0.05) is 24.3 Å². The van der Waals surface area contributed by atoms with E-state index in [2.05, 4.69) is 10.1 Å². The van der Waals surface area contributed by atoms with Crippen LogP contribution < -0.4 is 10.1 Å². The van der Waals surface area contributed by atoms with Crippen LogP contribution in [-0.2, 0) is 17.8 Å². The highest BCUT2D eigenvalue weighted by molar-refractivity contribution is 5.94. The molecule has 0 fully saturated rings. The van der Waals surface area contributed by atoms with E-state index in [0.717, 1.165) is 17.2 Å². The Morgan fingerprint density at radius 2 is 2.00 bits per heavy atom. The number of aliphatic hydroxyl groups excluding tert-OH is 1. The molecule has 0 spiro atoms. The lowest BCUT2D eigenvalue weighted by atomic mass is 9.99. The maximum absolute atomic E-state index is 12.6. The van der Waals surface area contributed by atoms with Crippen molar-refractivity contribution in [2.24, 2.45) is 0 Å². The first kappa shape index (κ1) is 19.2. The molecule has 3 rings (SSSR count). The number of benzene rings is 2. The Morgan fingerprint density at radius 3 is 2.74 bits per heavy atom. The van der Waals surface area contributed by atoms with Crippen LogP contribution in [0.3, 0.4) is 0 Å². The molecule has 1 amide bonds. The van der Waals surface area contributed by atoms with Crippen molar-refractivity contribution in [3.8, 4) is 5.75 Å². The summed E-state index contributed by atoms with van der Waals surface area (Å²) in [4.78, 5) is 12.6. The van der Waals surface area contributed by atoms with Gasteiger partial charge < -0.3 is 19.9 Å². The Morgan fingerprint density at radius 1 is 1.22 bits per heavy atom. The van der Waals surface area contributed by atoms with Gasteiger partial charge in [-0.15, -0.1) is 13.2 Å². The Kier molecular flexibility index (Phi) is 5.67. The number of nitrogens with one attached hydrogen (secondary N) is 1. The molecule has 0 aromatic heterocycles. The van der Waals surface area contributed by atoms with E-state index in [1.165, 1.54) is 18.2 Å². The fourth-order valence-corrected chi connectivity index (χ4v) is 2.95. The van der Waals surface area contributed by atoms with Gasteiger partial charge in [-0.25, -0.2) is 0 Å². The number of halogens is 3. The van der Waals surface area contributed by atoms with E-state index in [1.807, 2.05) is 0 Å². The van der Waals surface area contributed by atoms with Crippen molar-refractivity contribution in [1.29, 1.82) is 0 Å². The number of carbonyl (C=O) groups excluding carboxylic acids is 1. The molecular weight excluding hydrogens is 363 g/mol. The third-order valence-corrected chi connectivity index (χ3v) is 4.25. The molecule has 2 aromatic rings. The predicted octanol–water partition coefficient (Wildman–Crippen LogP) is 3.12. The van der Waals surface area contributed by atoms with Crippen LogP contribution in [0.1, 0.15) is 33.1 Å². The second-order valence-corrected chi connectivity index (χ2v) is 6.08. The predicted molar refractivity (Wildman–Crippen MR) is 90.2 cm³/mol. The molecule has 0 saturated carbocycles. The number of rotatable bonds is 5.